The molecule has 0 unspecified atom stereocenters. The number of benzene rings is 3. The molecule has 2 nitrogen and oxygen atoms in total. The molecule has 0 aliphatic carbocycles. The van der Waals surface area contributed by atoms with Gasteiger partial charge in [-0.2, -0.15) is 0 Å². The summed E-state index contributed by atoms with van der Waals surface area (Å²) in [4.78, 5) is 12.4. The van der Waals surface area contributed by atoms with E-state index in [1.165, 1.54) is 11.1 Å². The van der Waals surface area contributed by atoms with Gasteiger partial charge in [0.2, 0.25) is 0 Å². The van der Waals surface area contributed by atoms with Crippen molar-refractivity contribution in [1.29, 1.82) is 0 Å². The lowest BCUT2D eigenvalue weighted by Gasteiger charge is -2.02. The molecule has 0 amide bonds. The van der Waals surface area contributed by atoms with Crippen molar-refractivity contribution < 1.29 is 9.53 Å². The first-order valence-corrected chi connectivity index (χ1v) is 7.73. The van der Waals surface area contributed by atoms with E-state index < -0.39 is 0 Å². The standard InChI is InChI=1S/C21H16O2/c22-19(17-9-5-2-6-10-17)21-20(23-21)18-13-11-16(12-14-18)15-7-3-1-4-8-15/h1-14,20-21H/t20-,21-/m0/s1. The van der Waals surface area contributed by atoms with Crippen LogP contribution in [0, 0.1) is 0 Å². The maximum absolute atomic E-state index is 12.4. The lowest BCUT2D eigenvalue weighted by Crippen LogP contribution is -2.07. The molecule has 1 saturated heterocycles. The van der Waals surface area contributed by atoms with Crippen LogP contribution >= 0.6 is 0 Å². The molecule has 1 fully saturated rings. The molecule has 0 spiro atoms. The summed E-state index contributed by atoms with van der Waals surface area (Å²) in [5.41, 5.74) is 4.12. The molecule has 0 saturated carbocycles. The molecule has 3 aromatic rings. The molecule has 1 aliphatic rings. The van der Waals surface area contributed by atoms with Crippen LogP contribution in [-0.4, -0.2) is 11.9 Å². The van der Waals surface area contributed by atoms with Crippen LogP contribution in [0.4, 0.5) is 0 Å². The Labute approximate surface area is 135 Å². The number of carbonyl (C=O) groups excluding carboxylic acids is 1. The molecular weight excluding hydrogens is 284 g/mol. The Morgan fingerprint density at radius 3 is 1.91 bits per heavy atom. The monoisotopic (exact) mass is 300 g/mol. The normalized spacial score (nSPS) is 19.3. The van der Waals surface area contributed by atoms with E-state index in [1.54, 1.807) is 0 Å². The first-order chi connectivity index (χ1) is 11.3. The Kier molecular flexibility index (Phi) is 3.52. The molecule has 0 bridgehead atoms. The molecule has 2 heteroatoms. The third-order valence-corrected chi connectivity index (χ3v) is 4.15. The highest BCUT2D eigenvalue weighted by Gasteiger charge is 2.46. The van der Waals surface area contributed by atoms with Crippen LogP contribution in [0.2, 0.25) is 0 Å². The van der Waals surface area contributed by atoms with Gasteiger partial charge in [0.25, 0.3) is 0 Å². The number of ether oxygens (including phenoxy) is 1. The average Bonchev–Trinajstić information content (AvgIpc) is 3.43. The van der Waals surface area contributed by atoms with Crippen molar-refractivity contribution in [2.75, 3.05) is 0 Å². The van der Waals surface area contributed by atoms with Crippen LogP contribution in [0.25, 0.3) is 11.1 Å². The third kappa shape index (κ3) is 2.81. The predicted molar refractivity (Wildman–Crippen MR) is 90.3 cm³/mol. The Morgan fingerprint density at radius 2 is 1.26 bits per heavy atom. The highest BCUT2D eigenvalue weighted by molar-refractivity contribution is 6.01. The minimum atomic E-state index is -0.347. The van der Waals surface area contributed by atoms with Crippen molar-refractivity contribution in [2.45, 2.75) is 12.2 Å². The number of epoxide rings is 1. The largest absolute Gasteiger partial charge is 0.356 e. The van der Waals surface area contributed by atoms with Crippen molar-refractivity contribution in [2.24, 2.45) is 0 Å². The highest BCUT2D eigenvalue weighted by Crippen LogP contribution is 2.41. The number of carbonyl (C=O) groups is 1. The highest BCUT2D eigenvalue weighted by atomic mass is 16.6. The summed E-state index contributed by atoms with van der Waals surface area (Å²) in [6.45, 7) is 0. The molecule has 1 aliphatic heterocycles. The molecular formula is C21H16O2. The van der Waals surface area contributed by atoms with Gasteiger partial charge < -0.3 is 4.74 Å². The molecule has 23 heavy (non-hydrogen) atoms. The Morgan fingerprint density at radius 1 is 0.696 bits per heavy atom. The molecule has 3 aromatic carbocycles. The summed E-state index contributed by atoms with van der Waals surface area (Å²) >= 11 is 0. The predicted octanol–water partition coefficient (Wildman–Crippen LogP) is 4.68. The van der Waals surface area contributed by atoms with Gasteiger partial charge in [0.15, 0.2) is 11.9 Å². The first-order valence-electron chi connectivity index (χ1n) is 7.73. The number of hydrogen-bond donors (Lipinski definition) is 0. The van der Waals surface area contributed by atoms with Crippen molar-refractivity contribution in [3.63, 3.8) is 0 Å². The van der Waals surface area contributed by atoms with Gasteiger partial charge in [0.05, 0.1) is 0 Å². The van der Waals surface area contributed by atoms with E-state index in [2.05, 4.69) is 24.3 Å². The summed E-state index contributed by atoms with van der Waals surface area (Å²) in [5.74, 6) is 0.0581. The molecule has 112 valence electrons. The summed E-state index contributed by atoms with van der Waals surface area (Å²) in [5, 5.41) is 0. The van der Waals surface area contributed by atoms with Crippen molar-refractivity contribution in [1.82, 2.24) is 0 Å². The van der Waals surface area contributed by atoms with E-state index in [9.17, 15) is 4.79 Å². The van der Waals surface area contributed by atoms with Crippen LogP contribution in [0.1, 0.15) is 22.0 Å². The van der Waals surface area contributed by atoms with E-state index in [0.717, 1.165) is 5.56 Å². The molecule has 0 aromatic heterocycles. The SMILES string of the molecule is O=C(c1ccccc1)[C@@H]1O[C@H]1c1ccc(-c2ccccc2)cc1. The fourth-order valence-corrected chi connectivity index (χ4v) is 2.83. The summed E-state index contributed by atoms with van der Waals surface area (Å²) in [6, 6.07) is 27.8. The summed E-state index contributed by atoms with van der Waals surface area (Å²) < 4.78 is 5.62. The number of ketones is 1. The van der Waals surface area contributed by atoms with Crippen LogP contribution in [0.15, 0.2) is 84.9 Å². The maximum atomic E-state index is 12.4. The molecule has 4 rings (SSSR count). The minimum Gasteiger partial charge on any atom is -0.356 e. The third-order valence-electron chi connectivity index (χ3n) is 4.15. The fraction of sp³-hybridized carbons (Fsp3) is 0.0952. The second kappa shape index (κ2) is 5.82. The zero-order valence-corrected chi connectivity index (χ0v) is 12.6. The maximum Gasteiger partial charge on any atom is 0.194 e. The van der Waals surface area contributed by atoms with Gasteiger partial charge in [-0.15, -0.1) is 0 Å². The van der Waals surface area contributed by atoms with Gasteiger partial charge in [0, 0.05) is 5.56 Å². The van der Waals surface area contributed by atoms with Crippen LogP contribution in [0.3, 0.4) is 0 Å². The molecule has 2 atom stereocenters. The second-order valence-electron chi connectivity index (χ2n) is 5.70. The van der Waals surface area contributed by atoms with Gasteiger partial charge in [-0.3, -0.25) is 4.79 Å². The Balaban J connectivity index is 1.49. The Bertz CT molecular complexity index is 807. The van der Waals surface area contributed by atoms with Crippen LogP contribution in [0.5, 0.6) is 0 Å². The zero-order chi connectivity index (χ0) is 15.6. The molecule has 1 heterocycles. The first kappa shape index (κ1) is 13.9. The van der Waals surface area contributed by atoms with Crippen molar-refractivity contribution >= 4 is 5.78 Å². The Hall–Kier alpha value is -2.71. The second-order valence-corrected chi connectivity index (χ2v) is 5.70. The van der Waals surface area contributed by atoms with Gasteiger partial charge in [-0.1, -0.05) is 84.9 Å². The number of rotatable bonds is 4. The van der Waals surface area contributed by atoms with Gasteiger partial charge in [-0.25, -0.2) is 0 Å². The lowest BCUT2D eigenvalue weighted by molar-refractivity contribution is 0.0953. The van der Waals surface area contributed by atoms with Crippen LogP contribution in [-0.2, 0) is 4.74 Å². The van der Waals surface area contributed by atoms with Gasteiger partial charge in [-0.05, 0) is 16.7 Å². The van der Waals surface area contributed by atoms with E-state index >= 15 is 0 Å². The minimum absolute atomic E-state index is 0.0581. The van der Waals surface area contributed by atoms with Gasteiger partial charge >= 0.3 is 0 Å². The van der Waals surface area contributed by atoms with Crippen molar-refractivity contribution in [3.05, 3.63) is 96.1 Å². The van der Waals surface area contributed by atoms with E-state index in [-0.39, 0.29) is 18.0 Å². The van der Waals surface area contributed by atoms with Crippen molar-refractivity contribution in [3.8, 4) is 11.1 Å². The number of hydrogen-bond acceptors (Lipinski definition) is 2. The topological polar surface area (TPSA) is 29.6 Å². The smallest absolute Gasteiger partial charge is 0.194 e. The molecule has 0 N–H and O–H groups in total. The molecule has 0 radical (unpaired) electrons. The van der Waals surface area contributed by atoms with E-state index in [0.29, 0.717) is 5.56 Å². The van der Waals surface area contributed by atoms with E-state index in [4.69, 9.17) is 4.74 Å². The summed E-state index contributed by atoms with van der Waals surface area (Å²) in [7, 11) is 0. The van der Waals surface area contributed by atoms with E-state index in [1.807, 2.05) is 60.7 Å². The van der Waals surface area contributed by atoms with Gasteiger partial charge in [0.1, 0.15) is 6.10 Å². The quantitative estimate of drug-likeness (QED) is 0.517. The van der Waals surface area contributed by atoms with Crippen LogP contribution < -0.4 is 0 Å². The average molecular weight is 300 g/mol. The fourth-order valence-electron chi connectivity index (χ4n) is 2.83. The summed E-state index contributed by atoms with van der Waals surface area (Å²) in [6.07, 6.45) is -0.465. The lowest BCUT2D eigenvalue weighted by atomic mass is 10.00. The zero-order valence-electron chi connectivity index (χ0n) is 12.6. The number of Topliss-reactive ketones (excluding diaryl/α,β-unsaturated/α-hetero) is 1.